The number of hydrogen-bond donors (Lipinski definition) is 0. The van der Waals surface area contributed by atoms with E-state index in [4.69, 9.17) is 4.74 Å². The Balaban J connectivity index is 1.99. The van der Waals surface area contributed by atoms with Crippen molar-refractivity contribution in [3.05, 3.63) is 59.7 Å². The van der Waals surface area contributed by atoms with Crippen LogP contribution in [0.3, 0.4) is 0 Å². The average Bonchev–Trinajstić information content (AvgIpc) is 2.64. The third kappa shape index (κ3) is 5.47. The number of carbonyl (C=O) groups is 1. The van der Waals surface area contributed by atoms with Crippen LogP contribution < -0.4 is 4.74 Å². The average molecular weight is 338 g/mol. The van der Waals surface area contributed by atoms with Crippen molar-refractivity contribution in [3.63, 3.8) is 0 Å². The zero-order valence-electron chi connectivity index (χ0n) is 14.2. The summed E-state index contributed by atoms with van der Waals surface area (Å²) in [6.07, 6.45) is 5.40. The molecule has 2 rings (SSSR count). The van der Waals surface area contributed by atoms with Gasteiger partial charge in [0.25, 0.3) is 0 Å². The van der Waals surface area contributed by atoms with E-state index in [-0.39, 0.29) is 5.78 Å². The zero-order chi connectivity index (χ0) is 17.2. The number of carbonyl (C=O) groups excluding carboxylic acids is 1. The van der Waals surface area contributed by atoms with E-state index in [1.807, 2.05) is 54.8 Å². The van der Waals surface area contributed by atoms with E-state index < -0.39 is 0 Å². The highest BCUT2D eigenvalue weighted by molar-refractivity contribution is 7.98. The number of ketones is 1. The number of unbranched alkanes of at least 4 members (excludes halogenated alkanes) is 2. The largest absolute Gasteiger partial charge is 0.494 e. The lowest BCUT2D eigenvalue weighted by atomic mass is 10.1. The maximum Gasteiger partial charge on any atom is 0.237 e. The molecule has 0 saturated carbocycles. The smallest absolute Gasteiger partial charge is 0.237 e. The summed E-state index contributed by atoms with van der Waals surface area (Å²) >= 11 is 1.55. The summed E-state index contributed by atoms with van der Waals surface area (Å²) in [5, 5.41) is 0. The molecular weight excluding hydrogens is 316 g/mol. The summed E-state index contributed by atoms with van der Waals surface area (Å²) in [4.78, 5) is 13.2. The van der Waals surface area contributed by atoms with Crippen molar-refractivity contribution in [1.82, 2.24) is 0 Å². The predicted molar refractivity (Wildman–Crippen MR) is 101 cm³/mol. The lowest BCUT2D eigenvalue weighted by Crippen LogP contribution is -1.97. The lowest BCUT2D eigenvalue weighted by molar-refractivity contribution is 0.105. The molecule has 0 radical (unpaired) electrons. The number of rotatable bonds is 7. The molecule has 2 aromatic carbocycles. The van der Waals surface area contributed by atoms with Crippen molar-refractivity contribution in [2.75, 3.05) is 12.9 Å². The van der Waals surface area contributed by atoms with Crippen LogP contribution in [0.4, 0.5) is 0 Å². The fourth-order valence-electron chi connectivity index (χ4n) is 2.21. The van der Waals surface area contributed by atoms with E-state index in [0.29, 0.717) is 5.56 Å². The topological polar surface area (TPSA) is 26.3 Å². The van der Waals surface area contributed by atoms with Crippen molar-refractivity contribution in [2.24, 2.45) is 0 Å². The van der Waals surface area contributed by atoms with Crippen LogP contribution in [-0.4, -0.2) is 18.6 Å². The van der Waals surface area contributed by atoms with Gasteiger partial charge in [0.2, 0.25) is 5.78 Å². The number of ether oxygens (including phenoxy) is 1. The van der Waals surface area contributed by atoms with Gasteiger partial charge in [-0.05, 0) is 55.0 Å². The van der Waals surface area contributed by atoms with Gasteiger partial charge in [0.05, 0.1) is 6.61 Å². The normalized spacial score (nSPS) is 9.92. The summed E-state index contributed by atoms with van der Waals surface area (Å²) in [7, 11) is 0. The molecule has 24 heavy (non-hydrogen) atoms. The Morgan fingerprint density at radius 2 is 1.83 bits per heavy atom. The van der Waals surface area contributed by atoms with E-state index in [0.717, 1.165) is 29.2 Å². The summed E-state index contributed by atoms with van der Waals surface area (Å²) < 4.78 is 5.67. The van der Waals surface area contributed by atoms with Crippen LogP contribution in [0.15, 0.2) is 53.4 Å². The standard InChI is InChI=1S/C21H22O2S/c1-3-4-7-16-23-18-13-10-17(11-14-18)12-15-20(22)19-8-5-6-9-21(19)24-2/h5-6,8-11,13-14H,3-4,7,16H2,1-2H3. The van der Waals surface area contributed by atoms with E-state index in [2.05, 4.69) is 18.8 Å². The third-order valence-corrected chi connectivity index (χ3v) is 4.34. The van der Waals surface area contributed by atoms with Crippen LogP contribution in [0.5, 0.6) is 5.75 Å². The van der Waals surface area contributed by atoms with Crippen molar-refractivity contribution in [3.8, 4) is 17.6 Å². The minimum atomic E-state index is -0.153. The van der Waals surface area contributed by atoms with Crippen LogP contribution >= 0.6 is 11.8 Å². The van der Waals surface area contributed by atoms with Crippen LogP contribution in [-0.2, 0) is 0 Å². The van der Waals surface area contributed by atoms with Crippen molar-refractivity contribution >= 4 is 17.5 Å². The molecule has 3 heteroatoms. The summed E-state index contributed by atoms with van der Waals surface area (Å²) in [6.45, 7) is 2.91. The molecule has 0 fully saturated rings. The second-order valence-electron chi connectivity index (χ2n) is 5.36. The first-order chi connectivity index (χ1) is 11.7. The Morgan fingerprint density at radius 1 is 1.08 bits per heavy atom. The third-order valence-electron chi connectivity index (χ3n) is 3.54. The summed E-state index contributed by atoms with van der Waals surface area (Å²) in [5.74, 6) is 6.35. The predicted octanol–water partition coefficient (Wildman–Crippen LogP) is 5.21. The second-order valence-corrected chi connectivity index (χ2v) is 6.21. The zero-order valence-corrected chi connectivity index (χ0v) is 15.0. The Hall–Kier alpha value is -2.18. The molecule has 0 amide bonds. The molecule has 0 heterocycles. The van der Waals surface area contributed by atoms with Crippen molar-refractivity contribution in [2.45, 2.75) is 31.1 Å². The highest BCUT2D eigenvalue weighted by Gasteiger charge is 2.07. The highest BCUT2D eigenvalue weighted by Crippen LogP contribution is 2.20. The van der Waals surface area contributed by atoms with Crippen molar-refractivity contribution < 1.29 is 9.53 Å². The first-order valence-corrected chi connectivity index (χ1v) is 9.39. The van der Waals surface area contributed by atoms with Gasteiger partial charge in [0.1, 0.15) is 5.75 Å². The first-order valence-electron chi connectivity index (χ1n) is 8.17. The molecule has 2 aromatic rings. The molecule has 0 N–H and O–H groups in total. The van der Waals surface area contributed by atoms with Gasteiger partial charge in [-0.3, -0.25) is 4.79 Å². The number of Topliss-reactive ketones (excluding diaryl/α,β-unsaturated/α-hetero) is 1. The van der Waals surface area contributed by atoms with Crippen LogP contribution in [0.1, 0.15) is 42.1 Å². The molecule has 0 atom stereocenters. The lowest BCUT2D eigenvalue weighted by Gasteiger charge is -2.05. The van der Waals surface area contributed by atoms with Gasteiger partial charge in [0.15, 0.2) is 0 Å². The number of thioether (sulfide) groups is 1. The summed E-state index contributed by atoms with van der Waals surface area (Å²) in [6, 6.07) is 15.1. The highest BCUT2D eigenvalue weighted by atomic mass is 32.2. The van der Waals surface area contributed by atoms with Gasteiger partial charge in [0, 0.05) is 16.0 Å². The van der Waals surface area contributed by atoms with Gasteiger partial charge >= 0.3 is 0 Å². The van der Waals surface area contributed by atoms with E-state index in [1.165, 1.54) is 12.8 Å². The van der Waals surface area contributed by atoms with Gasteiger partial charge in [-0.25, -0.2) is 0 Å². The van der Waals surface area contributed by atoms with Crippen LogP contribution in [0, 0.1) is 11.8 Å². The SMILES string of the molecule is CCCCCOc1ccc(C#CC(=O)c2ccccc2SC)cc1. The molecule has 0 saturated heterocycles. The summed E-state index contributed by atoms with van der Waals surface area (Å²) in [5.41, 5.74) is 1.47. The van der Waals surface area contributed by atoms with E-state index >= 15 is 0 Å². The van der Waals surface area contributed by atoms with E-state index in [1.54, 1.807) is 11.8 Å². The van der Waals surface area contributed by atoms with Gasteiger partial charge in [-0.1, -0.05) is 37.8 Å². The fourth-order valence-corrected chi connectivity index (χ4v) is 2.80. The number of hydrogen-bond acceptors (Lipinski definition) is 3. The van der Waals surface area contributed by atoms with Crippen LogP contribution in [0.25, 0.3) is 0 Å². The molecule has 2 nitrogen and oxygen atoms in total. The molecule has 0 aromatic heterocycles. The number of benzene rings is 2. The molecule has 0 aliphatic carbocycles. The Kier molecular flexibility index (Phi) is 7.45. The van der Waals surface area contributed by atoms with Gasteiger partial charge in [-0.2, -0.15) is 0 Å². The molecule has 0 aliphatic heterocycles. The fraction of sp³-hybridized carbons (Fsp3) is 0.286. The van der Waals surface area contributed by atoms with Crippen LogP contribution in [0.2, 0.25) is 0 Å². The second kappa shape index (κ2) is 9.85. The van der Waals surface area contributed by atoms with Gasteiger partial charge < -0.3 is 4.74 Å². The Bertz CT molecular complexity index is 723. The minimum absolute atomic E-state index is 0.153. The maximum atomic E-state index is 12.3. The Labute approximate surface area is 148 Å². The van der Waals surface area contributed by atoms with Crippen molar-refractivity contribution in [1.29, 1.82) is 0 Å². The quantitative estimate of drug-likeness (QED) is 0.300. The molecule has 0 bridgehead atoms. The molecule has 0 aliphatic rings. The monoisotopic (exact) mass is 338 g/mol. The first kappa shape index (κ1) is 18.2. The van der Waals surface area contributed by atoms with Gasteiger partial charge in [-0.15, -0.1) is 11.8 Å². The Morgan fingerprint density at radius 3 is 2.54 bits per heavy atom. The molecule has 124 valence electrons. The maximum absolute atomic E-state index is 12.3. The molecule has 0 unspecified atom stereocenters. The molecule has 0 spiro atoms. The molecular formula is C21H22O2S. The van der Waals surface area contributed by atoms with E-state index in [9.17, 15) is 4.79 Å². The minimum Gasteiger partial charge on any atom is -0.494 e.